The fraction of sp³-hybridized carbons (Fsp3) is 0.167. The predicted octanol–water partition coefficient (Wildman–Crippen LogP) is 3.56. The second kappa shape index (κ2) is 4.96. The predicted molar refractivity (Wildman–Crippen MR) is 75.1 cm³/mol. The zero-order chi connectivity index (χ0) is 13.4. The number of nitrogens with zero attached hydrogens (tertiary/aromatic N) is 2. The van der Waals surface area contributed by atoms with E-state index in [-0.39, 0.29) is 5.78 Å². The minimum atomic E-state index is -0.202. The van der Waals surface area contributed by atoms with Gasteiger partial charge in [-0.05, 0) is 25.1 Å². The standard InChI is InChI=1S/C12H10Cl2N2OS/c1-6-10(12(18)16(2)15-6)11(17)8-4-3-7(13)5-9(8)14/h3-5,18H,1-2H3. The van der Waals surface area contributed by atoms with Crippen LogP contribution in [0, 0.1) is 6.92 Å². The summed E-state index contributed by atoms with van der Waals surface area (Å²) in [4.78, 5) is 12.4. The van der Waals surface area contributed by atoms with Gasteiger partial charge in [-0.3, -0.25) is 9.48 Å². The van der Waals surface area contributed by atoms with Gasteiger partial charge in [-0.15, -0.1) is 12.6 Å². The second-order valence-corrected chi connectivity index (χ2v) is 5.13. The Morgan fingerprint density at radius 2 is 2.06 bits per heavy atom. The number of hydrogen-bond acceptors (Lipinski definition) is 3. The number of thiol groups is 1. The summed E-state index contributed by atoms with van der Waals surface area (Å²) in [5.41, 5.74) is 1.48. The highest BCUT2D eigenvalue weighted by Crippen LogP contribution is 2.26. The van der Waals surface area contributed by atoms with Crippen molar-refractivity contribution in [2.75, 3.05) is 0 Å². The molecule has 6 heteroatoms. The highest BCUT2D eigenvalue weighted by atomic mass is 35.5. The third-order valence-electron chi connectivity index (χ3n) is 2.59. The van der Waals surface area contributed by atoms with Gasteiger partial charge in [-0.1, -0.05) is 23.2 Å². The van der Waals surface area contributed by atoms with E-state index in [4.69, 9.17) is 23.2 Å². The molecule has 1 aromatic carbocycles. The Morgan fingerprint density at radius 3 is 2.56 bits per heavy atom. The lowest BCUT2D eigenvalue weighted by atomic mass is 10.0. The van der Waals surface area contributed by atoms with Crippen LogP contribution in [0.15, 0.2) is 23.2 Å². The molecule has 0 aliphatic rings. The minimum absolute atomic E-state index is 0.202. The molecule has 0 bridgehead atoms. The number of carbonyl (C=O) groups excluding carboxylic acids is 1. The molecule has 0 amide bonds. The minimum Gasteiger partial charge on any atom is -0.288 e. The molecule has 0 N–H and O–H groups in total. The van der Waals surface area contributed by atoms with Crippen LogP contribution in [0.4, 0.5) is 0 Å². The van der Waals surface area contributed by atoms with E-state index in [0.29, 0.717) is 31.9 Å². The number of rotatable bonds is 2. The van der Waals surface area contributed by atoms with Crippen molar-refractivity contribution < 1.29 is 4.79 Å². The molecule has 0 aliphatic carbocycles. The lowest BCUT2D eigenvalue weighted by Crippen LogP contribution is -2.04. The van der Waals surface area contributed by atoms with Gasteiger partial charge in [0.1, 0.15) is 5.03 Å². The molecular formula is C12H10Cl2N2OS. The maximum absolute atomic E-state index is 12.4. The number of ketones is 1. The molecule has 1 heterocycles. The van der Waals surface area contributed by atoms with E-state index in [2.05, 4.69) is 17.7 Å². The van der Waals surface area contributed by atoms with Crippen LogP contribution in [-0.2, 0) is 7.05 Å². The zero-order valence-corrected chi connectivity index (χ0v) is 12.1. The van der Waals surface area contributed by atoms with E-state index < -0.39 is 0 Å². The van der Waals surface area contributed by atoms with Gasteiger partial charge in [0.05, 0.1) is 16.3 Å². The quantitative estimate of drug-likeness (QED) is 0.680. The Balaban J connectivity index is 2.55. The molecule has 0 radical (unpaired) electrons. The lowest BCUT2D eigenvalue weighted by Gasteiger charge is -2.04. The first-order chi connectivity index (χ1) is 8.41. The van der Waals surface area contributed by atoms with E-state index in [1.54, 1.807) is 36.9 Å². The van der Waals surface area contributed by atoms with Crippen LogP contribution < -0.4 is 0 Å². The lowest BCUT2D eigenvalue weighted by molar-refractivity contribution is 0.103. The van der Waals surface area contributed by atoms with Gasteiger partial charge in [0, 0.05) is 17.6 Å². The Kier molecular flexibility index (Phi) is 3.71. The van der Waals surface area contributed by atoms with Gasteiger partial charge < -0.3 is 0 Å². The average molecular weight is 301 g/mol. The smallest absolute Gasteiger partial charge is 0.199 e. The summed E-state index contributed by atoms with van der Waals surface area (Å²) in [6.45, 7) is 1.76. The first-order valence-corrected chi connectivity index (χ1v) is 6.34. The molecule has 94 valence electrons. The van der Waals surface area contributed by atoms with Crippen molar-refractivity contribution in [2.45, 2.75) is 11.9 Å². The maximum atomic E-state index is 12.4. The SMILES string of the molecule is Cc1nn(C)c(S)c1C(=O)c1ccc(Cl)cc1Cl. The highest BCUT2D eigenvalue weighted by molar-refractivity contribution is 7.80. The molecular weight excluding hydrogens is 291 g/mol. The molecule has 0 saturated heterocycles. The number of aromatic nitrogens is 2. The van der Waals surface area contributed by atoms with Gasteiger partial charge in [-0.2, -0.15) is 5.10 Å². The van der Waals surface area contributed by atoms with Gasteiger partial charge in [0.2, 0.25) is 0 Å². The van der Waals surface area contributed by atoms with E-state index >= 15 is 0 Å². The monoisotopic (exact) mass is 300 g/mol. The molecule has 0 fully saturated rings. The van der Waals surface area contributed by atoms with Crippen molar-refractivity contribution in [1.82, 2.24) is 9.78 Å². The molecule has 0 atom stereocenters. The summed E-state index contributed by atoms with van der Waals surface area (Å²) in [5.74, 6) is -0.202. The van der Waals surface area contributed by atoms with Crippen molar-refractivity contribution in [3.05, 3.63) is 45.1 Å². The summed E-state index contributed by atoms with van der Waals surface area (Å²) in [5, 5.41) is 5.49. The van der Waals surface area contributed by atoms with Crippen molar-refractivity contribution >= 4 is 41.6 Å². The van der Waals surface area contributed by atoms with E-state index in [1.165, 1.54) is 0 Å². The average Bonchev–Trinajstić information content (AvgIpc) is 2.52. The Morgan fingerprint density at radius 1 is 1.39 bits per heavy atom. The normalized spacial score (nSPS) is 10.7. The molecule has 0 spiro atoms. The molecule has 1 aromatic heterocycles. The summed E-state index contributed by atoms with van der Waals surface area (Å²) < 4.78 is 1.55. The topological polar surface area (TPSA) is 34.9 Å². The zero-order valence-electron chi connectivity index (χ0n) is 9.74. The van der Waals surface area contributed by atoms with Crippen LogP contribution in [0.5, 0.6) is 0 Å². The fourth-order valence-electron chi connectivity index (χ4n) is 1.72. The van der Waals surface area contributed by atoms with Crippen molar-refractivity contribution in [3.63, 3.8) is 0 Å². The van der Waals surface area contributed by atoms with E-state index in [0.717, 1.165) is 0 Å². The number of hydrogen-bond donors (Lipinski definition) is 1. The summed E-state index contributed by atoms with van der Waals surface area (Å²) in [7, 11) is 1.73. The van der Waals surface area contributed by atoms with E-state index in [1.807, 2.05) is 0 Å². The van der Waals surface area contributed by atoms with Crippen molar-refractivity contribution in [2.24, 2.45) is 7.05 Å². The molecule has 2 aromatic rings. The van der Waals surface area contributed by atoms with Crippen LogP contribution >= 0.6 is 35.8 Å². The first-order valence-electron chi connectivity index (χ1n) is 5.14. The van der Waals surface area contributed by atoms with Gasteiger partial charge >= 0.3 is 0 Å². The first kappa shape index (κ1) is 13.5. The largest absolute Gasteiger partial charge is 0.288 e. The summed E-state index contributed by atoms with van der Waals surface area (Å²) >= 11 is 16.1. The molecule has 0 saturated carbocycles. The molecule has 2 rings (SSSR count). The number of halogens is 2. The van der Waals surface area contributed by atoms with Crippen LogP contribution in [0.3, 0.4) is 0 Å². The Hall–Kier alpha value is -0.970. The Labute approximate surface area is 120 Å². The molecule has 0 unspecified atom stereocenters. The van der Waals surface area contributed by atoms with Crippen molar-refractivity contribution in [1.29, 1.82) is 0 Å². The highest BCUT2D eigenvalue weighted by Gasteiger charge is 2.21. The third-order valence-corrected chi connectivity index (χ3v) is 3.66. The van der Waals surface area contributed by atoms with Crippen LogP contribution in [0.2, 0.25) is 10.0 Å². The number of aryl methyl sites for hydroxylation is 2. The Bertz CT molecular complexity index is 637. The van der Waals surface area contributed by atoms with Crippen molar-refractivity contribution in [3.8, 4) is 0 Å². The van der Waals surface area contributed by atoms with Crippen LogP contribution in [-0.4, -0.2) is 15.6 Å². The molecule has 18 heavy (non-hydrogen) atoms. The van der Waals surface area contributed by atoms with E-state index in [9.17, 15) is 4.79 Å². The van der Waals surface area contributed by atoms with Crippen LogP contribution in [0.25, 0.3) is 0 Å². The number of carbonyl (C=O) groups is 1. The molecule has 0 aliphatic heterocycles. The molecule has 3 nitrogen and oxygen atoms in total. The summed E-state index contributed by atoms with van der Waals surface area (Å²) in [6.07, 6.45) is 0. The van der Waals surface area contributed by atoms with Gasteiger partial charge in [0.25, 0.3) is 0 Å². The third kappa shape index (κ3) is 2.28. The van der Waals surface area contributed by atoms with Crippen LogP contribution in [0.1, 0.15) is 21.6 Å². The fourth-order valence-corrected chi connectivity index (χ4v) is 2.52. The maximum Gasteiger partial charge on any atom is 0.199 e. The van der Waals surface area contributed by atoms with Gasteiger partial charge in [0.15, 0.2) is 5.78 Å². The second-order valence-electron chi connectivity index (χ2n) is 3.86. The van der Waals surface area contributed by atoms with Gasteiger partial charge in [-0.25, -0.2) is 0 Å². The number of benzene rings is 1. The summed E-state index contributed by atoms with van der Waals surface area (Å²) in [6, 6.07) is 4.78.